The van der Waals surface area contributed by atoms with E-state index in [0.717, 1.165) is 0 Å². The van der Waals surface area contributed by atoms with Crippen molar-refractivity contribution in [1.29, 1.82) is 0 Å². The summed E-state index contributed by atoms with van der Waals surface area (Å²) in [6, 6.07) is 22.8. The molecule has 2 aliphatic rings. The van der Waals surface area contributed by atoms with Gasteiger partial charge >= 0.3 is 0 Å². The van der Waals surface area contributed by atoms with Crippen molar-refractivity contribution in [3.63, 3.8) is 0 Å². The molecule has 0 heteroatoms. The summed E-state index contributed by atoms with van der Waals surface area (Å²) in [6.07, 6.45) is 3.69. The first-order valence-corrected chi connectivity index (χ1v) is 9.38. The molecule has 0 nitrogen and oxygen atoms in total. The fraction of sp³-hybridized carbons (Fsp3) is 0.200. The van der Waals surface area contributed by atoms with E-state index in [2.05, 4.69) is 67.6 Å². The van der Waals surface area contributed by atoms with E-state index in [-0.39, 0.29) is 0 Å². The molecular formula is C25H20. The topological polar surface area (TPSA) is 0 Å². The van der Waals surface area contributed by atoms with E-state index < -0.39 is 0 Å². The third kappa shape index (κ3) is 1.67. The van der Waals surface area contributed by atoms with Crippen molar-refractivity contribution >= 4 is 21.5 Å². The van der Waals surface area contributed by atoms with Gasteiger partial charge in [0, 0.05) is 0 Å². The van der Waals surface area contributed by atoms with Gasteiger partial charge in [-0.15, -0.1) is 0 Å². The van der Waals surface area contributed by atoms with Crippen LogP contribution in [0, 0.1) is 6.92 Å². The predicted molar refractivity (Wildman–Crippen MR) is 106 cm³/mol. The monoisotopic (exact) mass is 320 g/mol. The number of rotatable bonds is 0. The fourth-order valence-corrected chi connectivity index (χ4v) is 5.42. The van der Waals surface area contributed by atoms with Gasteiger partial charge in [-0.3, -0.25) is 0 Å². The number of fused-ring (bicyclic) bond motifs is 4. The summed E-state index contributed by atoms with van der Waals surface area (Å²) in [6.45, 7) is 2.30. The minimum absolute atomic E-state index is 0.682. The molecule has 2 aliphatic carbocycles. The summed E-state index contributed by atoms with van der Waals surface area (Å²) < 4.78 is 0. The Balaban J connectivity index is 1.84. The lowest BCUT2D eigenvalue weighted by Gasteiger charge is -2.34. The van der Waals surface area contributed by atoms with E-state index in [1.54, 1.807) is 16.5 Å². The van der Waals surface area contributed by atoms with Gasteiger partial charge < -0.3 is 0 Å². The van der Waals surface area contributed by atoms with E-state index in [1.807, 2.05) is 0 Å². The Labute approximate surface area is 148 Å². The molecule has 0 N–H and O–H groups in total. The van der Waals surface area contributed by atoms with Gasteiger partial charge in [-0.2, -0.15) is 0 Å². The van der Waals surface area contributed by atoms with Crippen LogP contribution in [-0.2, 0) is 12.8 Å². The van der Waals surface area contributed by atoms with E-state index in [0.29, 0.717) is 5.92 Å². The lowest BCUT2D eigenvalue weighted by atomic mass is 9.69. The predicted octanol–water partition coefficient (Wildman–Crippen LogP) is 6.55. The van der Waals surface area contributed by atoms with Crippen LogP contribution in [0.2, 0.25) is 0 Å². The lowest BCUT2D eigenvalue weighted by Crippen LogP contribution is -2.17. The van der Waals surface area contributed by atoms with Gasteiger partial charge in [-0.25, -0.2) is 0 Å². The van der Waals surface area contributed by atoms with Crippen LogP contribution in [0.3, 0.4) is 0 Å². The standard InChI is InChI=1S/C25H20/c1-15-18-7-4-5-9-21(18)23-11-10-17-14-16-6-2-3-8-20(16)22-13-12-19(15)25(23)24(17)22/h2-9,12-13,17H,10-11,14H2,1H3. The Morgan fingerprint density at radius 1 is 0.760 bits per heavy atom. The second kappa shape index (κ2) is 4.73. The zero-order chi connectivity index (χ0) is 16.5. The third-order valence-corrected chi connectivity index (χ3v) is 6.53. The first-order valence-electron chi connectivity index (χ1n) is 9.38. The minimum atomic E-state index is 0.682. The van der Waals surface area contributed by atoms with Crippen LogP contribution >= 0.6 is 0 Å². The molecule has 0 bridgehead atoms. The summed E-state index contributed by atoms with van der Waals surface area (Å²) in [5, 5.41) is 5.94. The molecule has 4 aromatic carbocycles. The van der Waals surface area contributed by atoms with Gasteiger partial charge in [-0.1, -0.05) is 60.7 Å². The first-order chi connectivity index (χ1) is 12.3. The average molecular weight is 320 g/mol. The smallest absolute Gasteiger partial charge is 0.0102 e. The largest absolute Gasteiger partial charge is 0.0620 e. The summed E-state index contributed by atoms with van der Waals surface area (Å²) in [5.74, 6) is 0.682. The molecule has 0 fully saturated rings. The Bertz CT molecular complexity index is 1180. The molecule has 25 heavy (non-hydrogen) atoms. The van der Waals surface area contributed by atoms with Crippen molar-refractivity contribution in [3.05, 3.63) is 82.9 Å². The maximum absolute atomic E-state index is 2.39. The van der Waals surface area contributed by atoms with Crippen molar-refractivity contribution < 1.29 is 0 Å². The van der Waals surface area contributed by atoms with Gasteiger partial charge in [0.15, 0.2) is 0 Å². The van der Waals surface area contributed by atoms with Crippen molar-refractivity contribution in [2.75, 3.05) is 0 Å². The number of benzene rings is 4. The molecule has 0 amide bonds. The van der Waals surface area contributed by atoms with Gasteiger partial charge in [-0.05, 0) is 87.0 Å². The Hall–Kier alpha value is -2.60. The number of hydrogen-bond donors (Lipinski definition) is 0. The van der Waals surface area contributed by atoms with Gasteiger partial charge in [0.05, 0.1) is 0 Å². The molecule has 4 aromatic rings. The summed E-state index contributed by atoms with van der Waals surface area (Å²) >= 11 is 0. The Kier molecular flexibility index (Phi) is 2.58. The quantitative estimate of drug-likeness (QED) is 0.322. The highest BCUT2D eigenvalue weighted by molar-refractivity contribution is 6.09. The van der Waals surface area contributed by atoms with E-state index in [9.17, 15) is 0 Å². The SMILES string of the molecule is Cc1c2ccccc2c2c3c4c(ccc13)-c1ccccc1CC4CC2. The highest BCUT2D eigenvalue weighted by atomic mass is 14.3. The zero-order valence-corrected chi connectivity index (χ0v) is 14.5. The molecule has 0 radical (unpaired) electrons. The molecule has 0 heterocycles. The third-order valence-electron chi connectivity index (χ3n) is 6.53. The molecule has 120 valence electrons. The van der Waals surface area contributed by atoms with Crippen molar-refractivity contribution in [1.82, 2.24) is 0 Å². The molecule has 6 rings (SSSR count). The molecule has 0 aromatic heterocycles. The number of aryl methyl sites for hydroxylation is 2. The van der Waals surface area contributed by atoms with Crippen LogP contribution in [0.15, 0.2) is 60.7 Å². The summed E-state index contributed by atoms with van der Waals surface area (Å²) in [7, 11) is 0. The van der Waals surface area contributed by atoms with Crippen molar-refractivity contribution in [3.8, 4) is 11.1 Å². The second-order valence-electron chi connectivity index (χ2n) is 7.70. The van der Waals surface area contributed by atoms with Crippen molar-refractivity contribution in [2.24, 2.45) is 0 Å². The zero-order valence-electron chi connectivity index (χ0n) is 14.5. The molecule has 1 atom stereocenters. The van der Waals surface area contributed by atoms with E-state index in [1.165, 1.54) is 57.7 Å². The molecule has 1 unspecified atom stereocenters. The molecule has 0 aliphatic heterocycles. The highest BCUT2D eigenvalue weighted by Crippen LogP contribution is 2.50. The molecule has 0 spiro atoms. The van der Waals surface area contributed by atoms with Crippen LogP contribution in [0.1, 0.15) is 34.6 Å². The highest BCUT2D eigenvalue weighted by Gasteiger charge is 2.31. The van der Waals surface area contributed by atoms with Crippen LogP contribution < -0.4 is 0 Å². The van der Waals surface area contributed by atoms with Gasteiger partial charge in [0.1, 0.15) is 0 Å². The van der Waals surface area contributed by atoms with Crippen LogP contribution in [0.4, 0.5) is 0 Å². The lowest BCUT2D eigenvalue weighted by molar-refractivity contribution is 0.610. The average Bonchev–Trinajstić information content (AvgIpc) is 2.67. The molecule has 0 saturated carbocycles. The normalized spacial score (nSPS) is 17.7. The summed E-state index contributed by atoms with van der Waals surface area (Å²) in [5.41, 5.74) is 9.12. The minimum Gasteiger partial charge on any atom is -0.0620 e. The Morgan fingerprint density at radius 2 is 1.56 bits per heavy atom. The first kappa shape index (κ1) is 13.7. The van der Waals surface area contributed by atoms with Gasteiger partial charge in [0.2, 0.25) is 0 Å². The van der Waals surface area contributed by atoms with Crippen molar-refractivity contribution in [2.45, 2.75) is 32.1 Å². The van der Waals surface area contributed by atoms with Gasteiger partial charge in [0.25, 0.3) is 0 Å². The second-order valence-corrected chi connectivity index (χ2v) is 7.70. The van der Waals surface area contributed by atoms with Crippen LogP contribution in [-0.4, -0.2) is 0 Å². The van der Waals surface area contributed by atoms with Crippen LogP contribution in [0.5, 0.6) is 0 Å². The van der Waals surface area contributed by atoms with Crippen LogP contribution in [0.25, 0.3) is 32.7 Å². The fourth-order valence-electron chi connectivity index (χ4n) is 5.42. The molecule has 0 saturated heterocycles. The van der Waals surface area contributed by atoms with E-state index in [4.69, 9.17) is 0 Å². The number of hydrogen-bond acceptors (Lipinski definition) is 0. The van der Waals surface area contributed by atoms with E-state index >= 15 is 0 Å². The maximum atomic E-state index is 2.39. The Morgan fingerprint density at radius 3 is 2.48 bits per heavy atom. The maximum Gasteiger partial charge on any atom is -0.0102 e. The summed E-state index contributed by atoms with van der Waals surface area (Å²) in [4.78, 5) is 0. The molecular weight excluding hydrogens is 300 g/mol.